The van der Waals surface area contributed by atoms with Gasteiger partial charge < -0.3 is 9.47 Å². The summed E-state index contributed by atoms with van der Waals surface area (Å²) in [7, 11) is 0. The molecule has 4 nitrogen and oxygen atoms in total. The fourth-order valence-corrected chi connectivity index (χ4v) is 1.24. The maximum Gasteiger partial charge on any atom is 0.321 e. The number of carbonyl (C=O) groups is 2. The molecule has 0 bridgehead atoms. The van der Waals surface area contributed by atoms with Crippen LogP contribution in [0.15, 0.2) is 0 Å². The van der Waals surface area contributed by atoms with Gasteiger partial charge in [-0.3, -0.25) is 9.59 Å². The maximum absolute atomic E-state index is 11.1. The summed E-state index contributed by atoms with van der Waals surface area (Å²) in [5.41, 5.74) is 0. The number of rotatable bonds is 5. The highest BCUT2D eigenvalue weighted by molar-refractivity contribution is 9.09. The van der Waals surface area contributed by atoms with Crippen molar-refractivity contribution in [2.75, 3.05) is 18.5 Å². The first-order valence-electron chi connectivity index (χ1n) is 4.06. The lowest BCUT2D eigenvalue weighted by molar-refractivity contribution is -0.160. The van der Waals surface area contributed by atoms with Gasteiger partial charge in [0.05, 0.1) is 13.2 Å². The van der Waals surface area contributed by atoms with E-state index in [0.717, 1.165) is 0 Å². The Bertz CT molecular complexity index is 163. The van der Waals surface area contributed by atoms with Crippen molar-refractivity contribution in [3.63, 3.8) is 0 Å². The highest BCUT2D eigenvalue weighted by Crippen LogP contribution is 2.07. The highest BCUT2D eigenvalue weighted by Gasteiger charge is 2.27. The Kier molecular flexibility index (Phi) is 6.58. The van der Waals surface area contributed by atoms with E-state index in [0.29, 0.717) is 0 Å². The van der Waals surface area contributed by atoms with Crippen molar-refractivity contribution in [1.82, 2.24) is 0 Å². The molecule has 13 heavy (non-hydrogen) atoms. The lowest BCUT2D eigenvalue weighted by Gasteiger charge is -2.10. The van der Waals surface area contributed by atoms with Gasteiger partial charge in [0, 0.05) is 5.33 Å². The quantitative estimate of drug-likeness (QED) is 0.418. The fraction of sp³-hybridized carbons (Fsp3) is 0.750. The van der Waals surface area contributed by atoms with E-state index in [9.17, 15) is 9.59 Å². The molecule has 0 aromatic rings. The summed E-state index contributed by atoms with van der Waals surface area (Å²) in [6.07, 6.45) is 0. The van der Waals surface area contributed by atoms with Crippen LogP contribution in [0.1, 0.15) is 13.8 Å². The van der Waals surface area contributed by atoms with Crippen LogP contribution < -0.4 is 0 Å². The van der Waals surface area contributed by atoms with Gasteiger partial charge in [0.25, 0.3) is 0 Å². The lowest BCUT2D eigenvalue weighted by Crippen LogP contribution is -2.29. The van der Waals surface area contributed by atoms with Crippen LogP contribution in [0.2, 0.25) is 0 Å². The Labute approximate surface area is 85.7 Å². The van der Waals surface area contributed by atoms with Crippen molar-refractivity contribution in [3.05, 3.63) is 0 Å². The Morgan fingerprint density at radius 1 is 1.15 bits per heavy atom. The molecule has 0 aromatic heterocycles. The summed E-state index contributed by atoms with van der Waals surface area (Å²) >= 11 is 3.06. The molecule has 0 amide bonds. The summed E-state index contributed by atoms with van der Waals surface area (Å²) in [6.45, 7) is 3.91. The van der Waals surface area contributed by atoms with Gasteiger partial charge in [-0.05, 0) is 13.8 Å². The SMILES string of the molecule is CCOC(=O)C(CBr)C(=O)OCC. The second kappa shape index (κ2) is 6.88. The van der Waals surface area contributed by atoms with Crippen LogP contribution in [0, 0.1) is 5.92 Å². The summed E-state index contributed by atoms with van der Waals surface area (Å²) in [5, 5.41) is 0.227. The van der Waals surface area contributed by atoms with E-state index in [1.807, 2.05) is 0 Å². The van der Waals surface area contributed by atoms with Gasteiger partial charge in [-0.1, -0.05) is 15.9 Å². The van der Waals surface area contributed by atoms with E-state index in [-0.39, 0.29) is 18.5 Å². The van der Waals surface area contributed by atoms with Gasteiger partial charge in [-0.25, -0.2) is 0 Å². The number of hydrogen-bond acceptors (Lipinski definition) is 4. The number of carbonyl (C=O) groups excluding carboxylic acids is 2. The first-order chi connectivity index (χ1) is 6.17. The Morgan fingerprint density at radius 2 is 1.54 bits per heavy atom. The van der Waals surface area contributed by atoms with Crippen LogP contribution >= 0.6 is 15.9 Å². The monoisotopic (exact) mass is 252 g/mol. The number of alkyl halides is 1. The summed E-state index contributed by atoms with van der Waals surface area (Å²) in [5.74, 6) is -1.93. The molecule has 0 saturated carbocycles. The van der Waals surface area contributed by atoms with Crippen LogP contribution in [-0.4, -0.2) is 30.5 Å². The Morgan fingerprint density at radius 3 is 1.77 bits per heavy atom. The van der Waals surface area contributed by atoms with Crippen molar-refractivity contribution < 1.29 is 19.1 Å². The van der Waals surface area contributed by atoms with E-state index in [1.165, 1.54) is 0 Å². The van der Waals surface area contributed by atoms with E-state index in [2.05, 4.69) is 15.9 Å². The second-order valence-corrected chi connectivity index (χ2v) is 2.86. The van der Waals surface area contributed by atoms with Crippen molar-refractivity contribution >= 4 is 27.9 Å². The van der Waals surface area contributed by atoms with Crippen molar-refractivity contribution in [1.29, 1.82) is 0 Å². The third kappa shape index (κ3) is 4.26. The molecule has 0 N–H and O–H groups in total. The molecule has 0 saturated heterocycles. The normalized spacial score (nSPS) is 9.85. The molecule has 0 unspecified atom stereocenters. The number of ether oxygens (including phenoxy) is 2. The highest BCUT2D eigenvalue weighted by atomic mass is 79.9. The van der Waals surface area contributed by atoms with Crippen molar-refractivity contribution in [3.8, 4) is 0 Å². The van der Waals surface area contributed by atoms with Crippen LogP contribution in [-0.2, 0) is 19.1 Å². The molecule has 0 heterocycles. The Balaban J connectivity index is 4.15. The zero-order valence-corrected chi connectivity index (χ0v) is 9.30. The van der Waals surface area contributed by atoms with E-state index >= 15 is 0 Å². The molecule has 0 atom stereocenters. The third-order valence-electron chi connectivity index (χ3n) is 1.30. The predicted octanol–water partition coefficient (Wildman–Crippen LogP) is 1.12. The maximum atomic E-state index is 11.1. The Hall–Kier alpha value is -0.580. The second-order valence-electron chi connectivity index (χ2n) is 2.21. The fourth-order valence-electron chi connectivity index (χ4n) is 0.708. The van der Waals surface area contributed by atoms with E-state index in [1.54, 1.807) is 13.8 Å². The zero-order chi connectivity index (χ0) is 10.3. The zero-order valence-electron chi connectivity index (χ0n) is 7.71. The predicted molar refractivity (Wildman–Crippen MR) is 50.6 cm³/mol. The van der Waals surface area contributed by atoms with Gasteiger partial charge >= 0.3 is 11.9 Å². The van der Waals surface area contributed by atoms with Gasteiger partial charge in [0.1, 0.15) is 0 Å². The average Bonchev–Trinajstić information content (AvgIpc) is 2.06. The van der Waals surface area contributed by atoms with Crippen LogP contribution in [0.25, 0.3) is 0 Å². The average molecular weight is 253 g/mol. The van der Waals surface area contributed by atoms with Gasteiger partial charge in [-0.15, -0.1) is 0 Å². The minimum absolute atomic E-state index is 0.227. The molecule has 76 valence electrons. The molecule has 0 rings (SSSR count). The topological polar surface area (TPSA) is 52.6 Å². The molecule has 0 radical (unpaired) electrons. The standard InChI is InChI=1S/C8H13BrO4/c1-3-12-7(10)6(5-9)8(11)13-4-2/h6H,3-5H2,1-2H3. The largest absolute Gasteiger partial charge is 0.465 e. The number of halogens is 1. The number of esters is 2. The lowest BCUT2D eigenvalue weighted by atomic mass is 10.2. The minimum atomic E-state index is -0.847. The molecular formula is C8H13BrO4. The first kappa shape index (κ1) is 12.4. The molecule has 5 heteroatoms. The summed E-state index contributed by atoms with van der Waals surface area (Å²) in [6, 6.07) is 0. The summed E-state index contributed by atoms with van der Waals surface area (Å²) < 4.78 is 9.39. The smallest absolute Gasteiger partial charge is 0.321 e. The molecule has 0 spiro atoms. The summed E-state index contributed by atoms with van der Waals surface area (Å²) in [4.78, 5) is 22.3. The molecule has 0 aliphatic heterocycles. The molecule has 0 aliphatic rings. The number of hydrogen-bond donors (Lipinski definition) is 0. The van der Waals surface area contributed by atoms with Crippen molar-refractivity contribution in [2.45, 2.75) is 13.8 Å². The first-order valence-corrected chi connectivity index (χ1v) is 5.18. The molecule has 0 aromatic carbocycles. The third-order valence-corrected chi connectivity index (χ3v) is 1.94. The van der Waals surface area contributed by atoms with Crippen LogP contribution in [0.4, 0.5) is 0 Å². The van der Waals surface area contributed by atoms with Gasteiger partial charge in [0.15, 0.2) is 5.92 Å². The van der Waals surface area contributed by atoms with Crippen LogP contribution in [0.3, 0.4) is 0 Å². The minimum Gasteiger partial charge on any atom is -0.465 e. The molecular weight excluding hydrogens is 240 g/mol. The van der Waals surface area contributed by atoms with Crippen molar-refractivity contribution in [2.24, 2.45) is 5.92 Å². The van der Waals surface area contributed by atoms with E-state index < -0.39 is 17.9 Å². The van der Waals surface area contributed by atoms with Gasteiger partial charge in [0.2, 0.25) is 0 Å². The molecule has 0 aliphatic carbocycles. The van der Waals surface area contributed by atoms with Crippen LogP contribution in [0.5, 0.6) is 0 Å². The molecule has 0 fully saturated rings. The van der Waals surface area contributed by atoms with Gasteiger partial charge in [-0.2, -0.15) is 0 Å². The van der Waals surface area contributed by atoms with E-state index in [4.69, 9.17) is 9.47 Å².